The molecule has 0 fully saturated rings. The zero-order valence-corrected chi connectivity index (χ0v) is 13.5. The molecular weight excluding hydrogens is 308 g/mol. The molecule has 1 aromatic heterocycles. The lowest BCUT2D eigenvalue weighted by atomic mass is 10.1. The third-order valence-corrected chi connectivity index (χ3v) is 4.21. The molecule has 112 valence electrons. The number of benzene rings is 1. The van der Waals surface area contributed by atoms with Gasteiger partial charge in [-0.1, -0.05) is 29.8 Å². The zero-order chi connectivity index (χ0) is 15.5. The van der Waals surface area contributed by atoms with Crippen molar-refractivity contribution in [3.05, 3.63) is 41.0 Å². The van der Waals surface area contributed by atoms with Gasteiger partial charge in [0.1, 0.15) is 5.69 Å². The Morgan fingerprint density at radius 1 is 1.48 bits per heavy atom. The molecule has 0 aliphatic heterocycles. The third-order valence-electron chi connectivity index (χ3n) is 2.98. The van der Waals surface area contributed by atoms with E-state index in [0.717, 1.165) is 5.39 Å². The molecule has 0 bridgehead atoms. The van der Waals surface area contributed by atoms with Crippen LogP contribution in [0.1, 0.15) is 17.4 Å². The highest BCUT2D eigenvalue weighted by atomic mass is 35.5. The minimum atomic E-state index is -0.949. The van der Waals surface area contributed by atoms with Crippen LogP contribution in [0.2, 0.25) is 5.02 Å². The van der Waals surface area contributed by atoms with Gasteiger partial charge in [0.15, 0.2) is 0 Å². The van der Waals surface area contributed by atoms with Crippen LogP contribution in [0.3, 0.4) is 0 Å². The van der Waals surface area contributed by atoms with E-state index < -0.39 is 5.60 Å². The zero-order valence-electron chi connectivity index (χ0n) is 11.9. The fourth-order valence-corrected chi connectivity index (χ4v) is 2.96. The lowest BCUT2D eigenvalue weighted by Crippen LogP contribution is -2.42. The summed E-state index contributed by atoms with van der Waals surface area (Å²) in [4.78, 5) is 16.4. The van der Waals surface area contributed by atoms with Gasteiger partial charge in [0, 0.05) is 17.7 Å². The molecule has 21 heavy (non-hydrogen) atoms. The van der Waals surface area contributed by atoms with E-state index in [-0.39, 0.29) is 18.1 Å². The molecule has 2 aromatic rings. The second kappa shape index (κ2) is 6.64. The van der Waals surface area contributed by atoms with Gasteiger partial charge in [-0.3, -0.25) is 4.79 Å². The van der Waals surface area contributed by atoms with E-state index in [1.165, 1.54) is 11.8 Å². The first-order valence-electron chi connectivity index (χ1n) is 6.48. The molecule has 0 spiro atoms. The molecule has 4 nitrogen and oxygen atoms in total. The molecule has 2 N–H and O–H groups in total. The van der Waals surface area contributed by atoms with E-state index in [1.807, 2.05) is 30.5 Å². The molecule has 0 aliphatic rings. The Kier molecular flexibility index (Phi) is 5.08. The molecule has 1 aromatic carbocycles. The summed E-state index contributed by atoms with van der Waals surface area (Å²) in [7, 11) is 0. The number of rotatable bonds is 5. The second-order valence-electron chi connectivity index (χ2n) is 5.12. The first-order valence-corrected chi connectivity index (χ1v) is 8.25. The summed E-state index contributed by atoms with van der Waals surface area (Å²) in [5.74, 6) is 0.197. The number of amides is 1. The largest absolute Gasteiger partial charge is 0.387 e. The number of pyridine rings is 1. The van der Waals surface area contributed by atoms with Gasteiger partial charge in [-0.25, -0.2) is 4.98 Å². The van der Waals surface area contributed by atoms with E-state index >= 15 is 0 Å². The van der Waals surface area contributed by atoms with Crippen LogP contribution < -0.4 is 5.32 Å². The van der Waals surface area contributed by atoms with Gasteiger partial charge in [-0.05, 0) is 25.3 Å². The van der Waals surface area contributed by atoms with Crippen molar-refractivity contribution in [2.24, 2.45) is 0 Å². The number of aliphatic hydroxyl groups is 1. The monoisotopic (exact) mass is 324 g/mol. The van der Waals surface area contributed by atoms with Gasteiger partial charge < -0.3 is 10.4 Å². The quantitative estimate of drug-likeness (QED) is 0.887. The third kappa shape index (κ3) is 4.09. The fraction of sp³-hybridized carbons (Fsp3) is 0.333. The van der Waals surface area contributed by atoms with Crippen molar-refractivity contribution >= 4 is 40.2 Å². The van der Waals surface area contributed by atoms with Crippen molar-refractivity contribution in [3.8, 4) is 0 Å². The molecule has 0 saturated heterocycles. The van der Waals surface area contributed by atoms with Crippen LogP contribution in [-0.2, 0) is 0 Å². The lowest BCUT2D eigenvalue weighted by Gasteiger charge is -2.22. The molecule has 1 amide bonds. The summed E-state index contributed by atoms with van der Waals surface area (Å²) < 4.78 is 0. The van der Waals surface area contributed by atoms with Crippen molar-refractivity contribution in [2.75, 3.05) is 18.6 Å². The number of aromatic nitrogens is 1. The summed E-state index contributed by atoms with van der Waals surface area (Å²) in [6.45, 7) is 1.85. The van der Waals surface area contributed by atoms with E-state index in [0.29, 0.717) is 16.3 Å². The Morgan fingerprint density at radius 3 is 2.90 bits per heavy atom. The number of carbonyl (C=O) groups is 1. The minimum Gasteiger partial charge on any atom is -0.387 e. The molecule has 1 heterocycles. The number of nitrogens with one attached hydrogen (secondary N) is 1. The van der Waals surface area contributed by atoms with E-state index in [1.54, 1.807) is 13.0 Å². The van der Waals surface area contributed by atoms with Gasteiger partial charge in [0.25, 0.3) is 5.91 Å². The first-order chi connectivity index (χ1) is 9.93. The summed E-state index contributed by atoms with van der Waals surface area (Å²) in [5.41, 5.74) is -0.0277. The normalized spacial score (nSPS) is 13.9. The van der Waals surface area contributed by atoms with Crippen LogP contribution in [0, 0.1) is 0 Å². The maximum Gasteiger partial charge on any atom is 0.270 e. The number of hydrogen-bond donors (Lipinski definition) is 2. The Hall–Kier alpha value is -1.30. The van der Waals surface area contributed by atoms with Crippen molar-refractivity contribution in [1.82, 2.24) is 10.3 Å². The number of para-hydroxylation sites is 1. The van der Waals surface area contributed by atoms with Gasteiger partial charge >= 0.3 is 0 Å². The molecule has 1 atom stereocenters. The van der Waals surface area contributed by atoms with E-state index in [2.05, 4.69) is 10.3 Å². The van der Waals surface area contributed by atoms with Crippen LogP contribution in [0.5, 0.6) is 0 Å². The summed E-state index contributed by atoms with van der Waals surface area (Å²) >= 11 is 7.70. The van der Waals surface area contributed by atoms with Crippen LogP contribution >= 0.6 is 23.4 Å². The van der Waals surface area contributed by atoms with Gasteiger partial charge in [-0.2, -0.15) is 11.8 Å². The Labute approximate surface area is 132 Å². The summed E-state index contributed by atoms with van der Waals surface area (Å²) in [5, 5.41) is 14.0. The van der Waals surface area contributed by atoms with Crippen molar-refractivity contribution in [1.29, 1.82) is 0 Å². The predicted octanol–water partition coefficient (Wildman–Crippen LogP) is 2.73. The molecule has 6 heteroatoms. The summed E-state index contributed by atoms with van der Waals surface area (Å²) in [6, 6.07) is 8.92. The smallest absolute Gasteiger partial charge is 0.270 e. The van der Waals surface area contributed by atoms with Crippen molar-refractivity contribution in [3.63, 3.8) is 0 Å². The fourth-order valence-electron chi connectivity index (χ4n) is 1.97. The molecule has 0 radical (unpaired) electrons. The van der Waals surface area contributed by atoms with E-state index in [4.69, 9.17) is 11.6 Å². The number of fused-ring (bicyclic) bond motifs is 1. The maximum absolute atomic E-state index is 12.1. The van der Waals surface area contributed by atoms with Gasteiger partial charge in [0.2, 0.25) is 0 Å². The molecular formula is C15H17ClN2O2S. The lowest BCUT2D eigenvalue weighted by molar-refractivity contribution is 0.0722. The number of halogens is 1. The van der Waals surface area contributed by atoms with Gasteiger partial charge in [0.05, 0.1) is 16.1 Å². The minimum absolute atomic E-state index is 0.165. The topological polar surface area (TPSA) is 62.2 Å². The highest BCUT2D eigenvalue weighted by Crippen LogP contribution is 2.22. The van der Waals surface area contributed by atoms with Crippen molar-refractivity contribution < 1.29 is 9.90 Å². The predicted molar refractivity (Wildman–Crippen MR) is 88.1 cm³/mol. The summed E-state index contributed by atoms with van der Waals surface area (Å²) in [6.07, 6.45) is 1.90. The Morgan fingerprint density at radius 2 is 2.19 bits per heavy atom. The SMILES string of the molecule is CSCC(C)(O)CNC(=O)c1cc(Cl)c2ccccc2n1. The van der Waals surface area contributed by atoms with Crippen LogP contribution in [0.4, 0.5) is 0 Å². The average molecular weight is 325 g/mol. The highest BCUT2D eigenvalue weighted by Gasteiger charge is 2.21. The number of nitrogens with zero attached hydrogens (tertiary/aromatic N) is 1. The number of hydrogen-bond acceptors (Lipinski definition) is 4. The van der Waals surface area contributed by atoms with Crippen LogP contribution in [0.25, 0.3) is 10.9 Å². The molecule has 1 unspecified atom stereocenters. The second-order valence-corrected chi connectivity index (χ2v) is 6.39. The van der Waals surface area contributed by atoms with Gasteiger partial charge in [-0.15, -0.1) is 0 Å². The molecule has 2 rings (SSSR count). The van der Waals surface area contributed by atoms with Crippen LogP contribution in [-0.4, -0.2) is 40.2 Å². The average Bonchev–Trinajstić information content (AvgIpc) is 2.45. The maximum atomic E-state index is 12.1. The molecule has 0 saturated carbocycles. The van der Waals surface area contributed by atoms with E-state index in [9.17, 15) is 9.90 Å². The first kappa shape index (κ1) is 16.1. The van der Waals surface area contributed by atoms with Crippen molar-refractivity contribution in [2.45, 2.75) is 12.5 Å². The Bertz CT molecular complexity index is 661. The number of thioether (sulfide) groups is 1. The van der Waals surface area contributed by atoms with Crippen LogP contribution in [0.15, 0.2) is 30.3 Å². The molecule has 0 aliphatic carbocycles. The Balaban J connectivity index is 2.16. The number of carbonyl (C=O) groups excluding carboxylic acids is 1. The standard InChI is InChI=1S/C15H17ClN2O2S/c1-15(20,9-21-2)8-17-14(19)13-7-11(16)10-5-3-4-6-12(10)18-13/h3-7,20H,8-9H2,1-2H3,(H,17,19). The highest BCUT2D eigenvalue weighted by molar-refractivity contribution is 7.98.